The molecule has 0 saturated heterocycles. The average Bonchev–Trinajstić information content (AvgIpc) is 2.61. The number of ether oxygens (including phenoxy) is 1. The molecule has 1 heterocycles. The van der Waals surface area contributed by atoms with Gasteiger partial charge in [-0.05, 0) is 66.7 Å². The fraction of sp³-hybridized carbons (Fsp3) is 0.524. The molecule has 1 atom stereocenters. The molecule has 0 aliphatic carbocycles. The van der Waals surface area contributed by atoms with Crippen LogP contribution in [0.2, 0.25) is 0 Å². The van der Waals surface area contributed by atoms with Crippen LogP contribution in [0.4, 0.5) is 0 Å². The van der Waals surface area contributed by atoms with Crippen molar-refractivity contribution in [3.63, 3.8) is 0 Å². The molecule has 0 bridgehead atoms. The Hall–Kier alpha value is -2.70. The van der Waals surface area contributed by atoms with Gasteiger partial charge in [0.05, 0.1) is 16.6 Å². The maximum atomic E-state index is 12.7. The fourth-order valence-corrected chi connectivity index (χ4v) is 3.41. The molecule has 7 nitrogen and oxygen atoms in total. The van der Waals surface area contributed by atoms with Crippen LogP contribution >= 0.6 is 0 Å². The van der Waals surface area contributed by atoms with Crippen LogP contribution in [0, 0.1) is 6.92 Å². The summed E-state index contributed by atoms with van der Waals surface area (Å²) in [5.41, 5.74) is 1.71. The molecule has 7 heteroatoms. The highest BCUT2D eigenvalue weighted by Gasteiger charge is 2.28. The van der Waals surface area contributed by atoms with Crippen molar-refractivity contribution in [3.05, 3.63) is 39.8 Å². The van der Waals surface area contributed by atoms with Gasteiger partial charge in [0.1, 0.15) is 5.69 Å². The molecule has 152 valence electrons. The number of esters is 1. The van der Waals surface area contributed by atoms with E-state index < -0.39 is 12.1 Å². The highest BCUT2D eigenvalue weighted by molar-refractivity contribution is 5.95. The Kier molecular flexibility index (Phi) is 6.59. The fourth-order valence-electron chi connectivity index (χ4n) is 3.41. The molecule has 0 fully saturated rings. The molecule has 1 aromatic heterocycles. The van der Waals surface area contributed by atoms with Crippen molar-refractivity contribution < 1.29 is 14.3 Å². The van der Waals surface area contributed by atoms with Crippen LogP contribution in [0.3, 0.4) is 0 Å². The van der Waals surface area contributed by atoms with Gasteiger partial charge in [0.25, 0.3) is 11.5 Å². The Morgan fingerprint density at radius 3 is 2.29 bits per heavy atom. The molecule has 0 N–H and O–H groups in total. The molecule has 2 aromatic rings. The summed E-state index contributed by atoms with van der Waals surface area (Å²) in [5.74, 6) is -0.822. The quantitative estimate of drug-likeness (QED) is 0.712. The highest BCUT2D eigenvalue weighted by atomic mass is 16.5. The maximum absolute atomic E-state index is 12.7. The van der Waals surface area contributed by atoms with Crippen LogP contribution < -0.4 is 5.56 Å². The van der Waals surface area contributed by atoms with Crippen LogP contribution in [-0.2, 0) is 16.1 Å². The van der Waals surface area contributed by atoms with Gasteiger partial charge in [-0.3, -0.25) is 9.59 Å². The maximum Gasteiger partial charge on any atom is 0.338 e. The topological polar surface area (TPSA) is 81.5 Å². The van der Waals surface area contributed by atoms with Crippen LogP contribution in [0.5, 0.6) is 0 Å². The summed E-state index contributed by atoms with van der Waals surface area (Å²) in [7, 11) is 0. The highest BCUT2D eigenvalue weighted by Crippen LogP contribution is 2.16. The van der Waals surface area contributed by atoms with Crippen molar-refractivity contribution in [1.29, 1.82) is 0 Å². The number of hydrogen-bond donors (Lipinski definition) is 0. The number of carbonyl (C=O) groups is 2. The van der Waals surface area contributed by atoms with E-state index in [2.05, 4.69) is 4.98 Å². The van der Waals surface area contributed by atoms with E-state index in [0.717, 1.165) is 0 Å². The SMILES string of the molecule is CCn1c(=O)c(C)nc2cc(C(=O)O[C@@H](C)C(=O)N(C(C)C)C(C)C)ccc21. The third kappa shape index (κ3) is 4.24. The van der Waals surface area contributed by atoms with E-state index in [1.807, 2.05) is 34.6 Å². The minimum Gasteiger partial charge on any atom is -0.449 e. The van der Waals surface area contributed by atoms with E-state index in [0.29, 0.717) is 28.8 Å². The third-order valence-corrected chi connectivity index (χ3v) is 4.66. The molecule has 1 aromatic carbocycles. The third-order valence-electron chi connectivity index (χ3n) is 4.66. The molecule has 0 aliphatic rings. The van der Waals surface area contributed by atoms with Gasteiger partial charge in [-0.1, -0.05) is 0 Å². The van der Waals surface area contributed by atoms with Crippen LogP contribution in [0.25, 0.3) is 11.0 Å². The molecule has 28 heavy (non-hydrogen) atoms. The summed E-state index contributed by atoms with van der Waals surface area (Å²) < 4.78 is 7.03. The molecule has 1 amide bonds. The van der Waals surface area contributed by atoms with Crippen molar-refractivity contribution in [2.45, 2.75) is 73.2 Å². The van der Waals surface area contributed by atoms with E-state index in [1.165, 1.54) is 0 Å². The van der Waals surface area contributed by atoms with Crippen molar-refractivity contribution in [2.75, 3.05) is 0 Å². The Labute approximate surface area is 165 Å². The van der Waals surface area contributed by atoms with Crippen molar-refractivity contribution in [3.8, 4) is 0 Å². The van der Waals surface area contributed by atoms with Gasteiger partial charge in [0.15, 0.2) is 6.10 Å². The largest absolute Gasteiger partial charge is 0.449 e. The van der Waals surface area contributed by atoms with Gasteiger partial charge in [-0.15, -0.1) is 0 Å². The van der Waals surface area contributed by atoms with Gasteiger partial charge < -0.3 is 14.2 Å². The summed E-state index contributed by atoms with van der Waals surface area (Å²) >= 11 is 0. The van der Waals surface area contributed by atoms with Gasteiger partial charge in [0, 0.05) is 18.6 Å². The molecule has 0 spiro atoms. The van der Waals surface area contributed by atoms with E-state index >= 15 is 0 Å². The van der Waals surface area contributed by atoms with Gasteiger partial charge in [0.2, 0.25) is 0 Å². The van der Waals surface area contributed by atoms with Crippen LogP contribution in [0.15, 0.2) is 23.0 Å². The molecule has 0 unspecified atom stereocenters. The van der Waals surface area contributed by atoms with Gasteiger partial charge >= 0.3 is 5.97 Å². The zero-order chi connectivity index (χ0) is 21.2. The zero-order valence-electron chi connectivity index (χ0n) is 17.6. The number of rotatable bonds is 6. The number of aryl methyl sites for hydroxylation is 2. The summed E-state index contributed by atoms with van der Waals surface area (Å²) in [6.45, 7) is 13.3. The molecule has 0 aliphatic heterocycles. The predicted octanol–water partition coefficient (Wildman–Crippen LogP) is 2.92. The van der Waals surface area contributed by atoms with Crippen LogP contribution in [-0.4, -0.2) is 44.5 Å². The first-order valence-electron chi connectivity index (χ1n) is 9.62. The molecular formula is C21H29N3O4. The van der Waals surface area contributed by atoms with E-state index in [4.69, 9.17) is 4.74 Å². The first-order chi connectivity index (χ1) is 13.1. The van der Waals surface area contributed by atoms with Crippen molar-refractivity contribution in [1.82, 2.24) is 14.5 Å². The van der Waals surface area contributed by atoms with Gasteiger partial charge in [-0.25, -0.2) is 9.78 Å². The number of nitrogens with zero attached hydrogens (tertiary/aromatic N) is 3. The first-order valence-corrected chi connectivity index (χ1v) is 9.62. The zero-order valence-corrected chi connectivity index (χ0v) is 17.6. The van der Waals surface area contributed by atoms with E-state index in [9.17, 15) is 14.4 Å². The van der Waals surface area contributed by atoms with Crippen molar-refractivity contribution in [2.24, 2.45) is 0 Å². The number of amides is 1. The molecule has 0 saturated carbocycles. The normalized spacial score (nSPS) is 12.5. The molecular weight excluding hydrogens is 358 g/mol. The van der Waals surface area contributed by atoms with Crippen LogP contribution in [0.1, 0.15) is 57.6 Å². The number of benzene rings is 1. The minimum atomic E-state index is -0.896. The lowest BCUT2D eigenvalue weighted by molar-refractivity contribution is -0.143. The second-order valence-corrected chi connectivity index (χ2v) is 7.43. The lowest BCUT2D eigenvalue weighted by Crippen LogP contribution is -2.47. The molecule has 0 radical (unpaired) electrons. The number of fused-ring (bicyclic) bond motifs is 1. The van der Waals surface area contributed by atoms with E-state index in [1.54, 1.807) is 41.5 Å². The second-order valence-electron chi connectivity index (χ2n) is 7.43. The summed E-state index contributed by atoms with van der Waals surface area (Å²) in [6, 6.07) is 4.88. The number of aromatic nitrogens is 2. The second kappa shape index (κ2) is 8.54. The Bertz CT molecular complexity index is 939. The lowest BCUT2D eigenvalue weighted by atomic mass is 10.1. The minimum absolute atomic E-state index is 0.00673. The van der Waals surface area contributed by atoms with E-state index in [-0.39, 0.29) is 23.6 Å². The monoisotopic (exact) mass is 387 g/mol. The predicted molar refractivity (Wildman–Crippen MR) is 108 cm³/mol. The summed E-state index contributed by atoms with van der Waals surface area (Å²) in [4.78, 5) is 43.4. The van der Waals surface area contributed by atoms with Gasteiger partial charge in [-0.2, -0.15) is 0 Å². The number of hydrogen-bond acceptors (Lipinski definition) is 5. The smallest absolute Gasteiger partial charge is 0.338 e. The number of carbonyl (C=O) groups excluding carboxylic acids is 2. The lowest BCUT2D eigenvalue weighted by Gasteiger charge is -2.32. The van der Waals surface area contributed by atoms with Crippen molar-refractivity contribution >= 4 is 22.9 Å². The molecule has 2 rings (SSSR count). The first kappa shape index (κ1) is 21.6. The Morgan fingerprint density at radius 2 is 1.75 bits per heavy atom. The summed E-state index contributed by atoms with van der Waals surface area (Å²) in [5, 5.41) is 0. The summed E-state index contributed by atoms with van der Waals surface area (Å²) in [6.07, 6.45) is -0.896. The average molecular weight is 387 g/mol. The standard InChI is InChI=1S/C21H29N3O4/c1-8-23-18-10-9-16(11-17(18)22-14(6)19(23)25)21(27)28-15(7)20(26)24(12(2)3)13(4)5/h9-13,15H,8H2,1-7H3/t15-/m0/s1. The Morgan fingerprint density at radius 1 is 1.14 bits per heavy atom. The Balaban J connectivity index is 2.29.